The van der Waals surface area contributed by atoms with Crippen molar-refractivity contribution in [3.8, 4) is 0 Å². The first-order valence-corrected chi connectivity index (χ1v) is 7.14. The van der Waals surface area contributed by atoms with Crippen molar-refractivity contribution in [2.75, 3.05) is 6.54 Å². The van der Waals surface area contributed by atoms with Crippen LogP contribution in [0, 0.1) is 11.7 Å². The second-order valence-electron chi connectivity index (χ2n) is 5.33. The van der Waals surface area contributed by atoms with Gasteiger partial charge in [0.2, 0.25) is 0 Å². The zero-order valence-corrected chi connectivity index (χ0v) is 11.9. The van der Waals surface area contributed by atoms with E-state index in [1.54, 1.807) is 12.1 Å². The lowest BCUT2D eigenvalue weighted by Gasteiger charge is -2.06. The van der Waals surface area contributed by atoms with E-state index in [4.69, 9.17) is 0 Å². The van der Waals surface area contributed by atoms with Crippen molar-refractivity contribution in [3.05, 3.63) is 35.6 Å². The van der Waals surface area contributed by atoms with Gasteiger partial charge in [-0.05, 0) is 24.5 Å². The Labute approximate surface area is 115 Å². The van der Waals surface area contributed by atoms with Gasteiger partial charge < -0.3 is 5.32 Å². The summed E-state index contributed by atoms with van der Waals surface area (Å²) in [5.74, 6) is -0.0158. The number of carbonyl (C=O) groups is 1. The Morgan fingerprint density at radius 3 is 2.53 bits per heavy atom. The molecule has 19 heavy (non-hydrogen) atoms. The molecule has 1 rings (SSSR count). The second kappa shape index (κ2) is 8.68. The normalized spacial score (nSPS) is 10.7. The Balaban J connectivity index is 2.13. The predicted octanol–water partition coefficient (Wildman–Crippen LogP) is 4.16. The van der Waals surface area contributed by atoms with Crippen molar-refractivity contribution >= 4 is 5.91 Å². The molecule has 0 heterocycles. The van der Waals surface area contributed by atoms with Crippen LogP contribution in [-0.4, -0.2) is 12.5 Å². The highest BCUT2D eigenvalue weighted by molar-refractivity contribution is 5.94. The fraction of sp³-hybridized carbons (Fsp3) is 0.562. The smallest absolute Gasteiger partial charge is 0.254 e. The van der Waals surface area contributed by atoms with E-state index in [-0.39, 0.29) is 11.5 Å². The van der Waals surface area contributed by atoms with Gasteiger partial charge in [0.25, 0.3) is 5.91 Å². The molecule has 0 saturated carbocycles. The highest BCUT2D eigenvalue weighted by Gasteiger charge is 2.09. The summed E-state index contributed by atoms with van der Waals surface area (Å²) < 4.78 is 13.3. The molecule has 0 saturated heterocycles. The van der Waals surface area contributed by atoms with Crippen molar-refractivity contribution in [1.82, 2.24) is 5.32 Å². The second-order valence-corrected chi connectivity index (χ2v) is 5.33. The van der Waals surface area contributed by atoms with Crippen LogP contribution in [0.15, 0.2) is 24.3 Å². The van der Waals surface area contributed by atoms with Gasteiger partial charge in [0.1, 0.15) is 5.82 Å². The number of rotatable bonds is 8. The van der Waals surface area contributed by atoms with E-state index in [0.29, 0.717) is 6.54 Å². The van der Waals surface area contributed by atoms with Crippen LogP contribution in [-0.2, 0) is 0 Å². The number of amides is 1. The number of benzene rings is 1. The summed E-state index contributed by atoms with van der Waals surface area (Å²) in [6, 6.07) is 6.07. The third kappa shape index (κ3) is 6.37. The molecule has 0 unspecified atom stereocenters. The summed E-state index contributed by atoms with van der Waals surface area (Å²) in [6.07, 6.45) is 5.79. The van der Waals surface area contributed by atoms with Gasteiger partial charge in [-0.2, -0.15) is 0 Å². The summed E-state index contributed by atoms with van der Waals surface area (Å²) in [4.78, 5) is 11.7. The Morgan fingerprint density at radius 2 is 1.84 bits per heavy atom. The molecule has 2 nitrogen and oxygen atoms in total. The molecule has 1 amide bonds. The van der Waals surface area contributed by atoms with E-state index in [9.17, 15) is 9.18 Å². The summed E-state index contributed by atoms with van der Waals surface area (Å²) in [6.45, 7) is 5.08. The minimum Gasteiger partial charge on any atom is -0.352 e. The third-order valence-corrected chi connectivity index (χ3v) is 3.11. The Hall–Kier alpha value is -1.38. The molecule has 0 aliphatic heterocycles. The first kappa shape index (κ1) is 15.7. The Morgan fingerprint density at radius 1 is 1.16 bits per heavy atom. The summed E-state index contributed by atoms with van der Waals surface area (Å²) >= 11 is 0. The van der Waals surface area contributed by atoms with E-state index in [1.807, 2.05) is 0 Å². The standard InChI is InChI=1S/C16H24FNO/c1-13(2)9-5-3-4-8-12-18-16(19)14-10-6-7-11-15(14)17/h6-7,10-11,13H,3-5,8-9,12H2,1-2H3,(H,18,19). The van der Waals surface area contributed by atoms with Gasteiger partial charge in [-0.1, -0.05) is 51.7 Å². The fourth-order valence-electron chi connectivity index (χ4n) is 1.97. The van der Waals surface area contributed by atoms with E-state index >= 15 is 0 Å². The fourth-order valence-corrected chi connectivity index (χ4v) is 1.97. The topological polar surface area (TPSA) is 29.1 Å². The molecule has 0 bridgehead atoms. The van der Waals surface area contributed by atoms with Gasteiger partial charge in [0, 0.05) is 6.54 Å². The van der Waals surface area contributed by atoms with Gasteiger partial charge >= 0.3 is 0 Å². The summed E-state index contributed by atoms with van der Waals surface area (Å²) in [5.41, 5.74) is 0.127. The monoisotopic (exact) mass is 265 g/mol. The van der Waals surface area contributed by atoms with Crippen LogP contribution < -0.4 is 5.32 Å². The van der Waals surface area contributed by atoms with Gasteiger partial charge in [-0.25, -0.2) is 4.39 Å². The molecule has 0 radical (unpaired) electrons. The number of hydrogen-bond donors (Lipinski definition) is 1. The number of unbranched alkanes of at least 4 members (excludes halogenated alkanes) is 3. The highest BCUT2D eigenvalue weighted by atomic mass is 19.1. The number of halogens is 1. The van der Waals surface area contributed by atoms with E-state index < -0.39 is 5.82 Å². The number of hydrogen-bond acceptors (Lipinski definition) is 1. The van der Waals surface area contributed by atoms with Crippen molar-refractivity contribution < 1.29 is 9.18 Å². The lowest BCUT2D eigenvalue weighted by atomic mass is 10.0. The minimum atomic E-state index is -0.461. The van der Waals surface area contributed by atoms with Crippen LogP contribution in [0.2, 0.25) is 0 Å². The molecule has 106 valence electrons. The molecular formula is C16H24FNO. The van der Waals surface area contributed by atoms with Crippen molar-refractivity contribution in [2.24, 2.45) is 5.92 Å². The first-order valence-electron chi connectivity index (χ1n) is 7.14. The van der Waals surface area contributed by atoms with Crippen molar-refractivity contribution in [3.63, 3.8) is 0 Å². The molecule has 0 aromatic heterocycles. The average molecular weight is 265 g/mol. The summed E-state index contributed by atoms with van der Waals surface area (Å²) in [7, 11) is 0. The van der Waals surface area contributed by atoms with Gasteiger partial charge in [-0.15, -0.1) is 0 Å². The molecular weight excluding hydrogens is 241 g/mol. The predicted molar refractivity (Wildman–Crippen MR) is 76.7 cm³/mol. The number of nitrogens with one attached hydrogen (secondary N) is 1. The molecule has 1 aromatic carbocycles. The minimum absolute atomic E-state index is 0.127. The van der Waals surface area contributed by atoms with Crippen LogP contribution in [0.3, 0.4) is 0 Å². The quantitative estimate of drug-likeness (QED) is 0.702. The Bertz CT molecular complexity index is 390. The van der Waals surface area contributed by atoms with Gasteiger partial charge in [0.05, 0.1) is 5.56 Å². The first-order chi connectivity index (χ1) is 9.11. The van der Waals surface area contributed by atoms with Crippen LogP contribution in [0.25, 0.3) is 0 Å². The van der Waals surface area contributed by atoms with Gasteiger partial charge in [-0.3, -0.25) is 4.79 Å². The molecule has 0 atom stereocenters. The molecule has 3 heteroatoms. The van der Waals surface area contributed by atoms with E-state index in [2.05, 4.69) is 19.2 Å². The molecule has 1 aromatic rings. The maximum atomic E-state index is 13.3. The maximum Gasteiger partial charge on any atom is 0.254 e. The zero-order chi connectivity index (χ0) is 14.1. The highest BCUT2D eigenvalue weighted by Crippen LogP contribution is 2.09. The largest absolute Gasteiger partial charge is 0.352 e. The van der Waals surface area contributed by atoms with Crippen LogP contribution >= 0.6 is 0 Å². The number of carbonyl (C=O) groups excluding carboxylic acids is 1. The Kier molecular flexibility index (Phi) is 7.16. The van der Waals surface area contributed by atoms with Crippen LogP contribution in [0.1, 0.15) is 56.3 Å². The molecule has 1 N–H and O–H groups in total. The SMILES string of the molecule is CC(C)CCCCCCNC(=O)c1ccccc1F. The lowest BCUT2D eigenvalue weighted by molar-refractivity contribution is 0.0949. The molecule has 0 spiro atoms. The van der Waals surface area contributed by atoms with Crippen molar-refractivity contribution in [2.45, 2.75) is 46.0 Å². The van der Waals surface area contributed by atoms with E-state index in [0.717, 1.165) is 18.8 Å². The maximum absolute atomic E-state index is 13.3. The van der Waals surface area contributed by atoms with Crippen LogP contribution in [0.4, 0.5) is 4.39 Å². The van der Waals surface area contributed by atoms with Crippen molar-refractivity contribution in [1.29, 1.82) is 0 Å². The molecule has 0 aliphatic carbocycles. The van der Waals surface area contributed by atoms with Gasteiger partial charge in [0.15, 0.2) is 0 Å². The molecule has 0 aliphatic rings. The third-order valence-electron chi connectivity index (χ3n) is 3.11. The van der Waals surface area contributed by atoms with Crippen LogP contribution in [0.5, 0.6) is 0 Å². The average Bonchev–Trinajstić information content (AvgIpc) is 2.37. The lowest BCUT2D eigenvalue weighted by Crippen LogP contribution is -2.25. The zero-order valence-electron chi connectivity index (χ0n) is 11.9. The van der Waals surface area contributed by atoms with E-state index in [1.165, 1.54) is 31.4 Å². The summed E-state index contributed by atoms with van der Waals surface area (Å²) in [5, 5.41) is 2.76. The molecule has 0 fully saturated rings.